The SMILES string of the molecule is CCCNC1C(=O)Nc2cc(-n3ccnc3CC)ccc21. The van der Waals surface area contributed by atoms with E-state index in [0.29, 0.717) is 0 Å². The summed E-state index contributed by atoms with van der Waals surface area (Å²) in [5.41, 5.74) is 2.94. The molecule has 1 aromatic heterocycles. The van der Waals surface area contributed by atoms with Crippen LogP contribution in [0.15, 0.2) is 30.6 Å². The maximum Gasteiger partial charge on any atom is 0.246 e. The van der Waals surface area contributed by atoms with E-state index in [9.17, 15) is 4.79 Å². The molecule has 1 amide bonds. The molecule has 2 aromatic rings. The highest BCUT2D eigenvalue weighted by molar-refractivity contribution is 6.02. The quantitative estimate of drug-likeness (QED) is 0.886. The van der Waals surface area contributed by atoms with Gasteiger partial charge in [0.25, 0.3) is 0 Å². The third-order valence-corrected chi connectivity index (χ3v) is 3.78. The van der Waals surface area contributed by atoms with Gasteiger partial charge in [-0.05, 0) is 25.1 Å². The largest absolute Gasteiger partial charge is 0.324 e. The summed E-state index contributed by atoms with van der Waals surface area (Å²) in [7, 11) is 0. The van der Waals surface area contributed by atoms with Crippen LogP contribution >= 0.6 is 0 Å². The van der Waals surface area contributed by atoms with Crippen molar-refractivity contribution in [2.24, 2.45) is 0 Å². The van der Waals surface area contributed by atoms with E-state index in [0.717, 1.165) is 42.1 Å². The highest BCUT2D eigenvalue weighted by Crippen LogP contribution is 2.32. The van der Waals surface area contributed by atoms with E-state index in [1.165, 1.54) is 0 Å². The number of rotatable bonds is 5. The van der Waals surface area contributed by atoms with E-state index < -0.39 is 0 Å². The molecule has 2 heterocycles. The molecular weight excluding hydrogens is 264 g/mol. The molecular formula is C16H20N4O. The number of imidazole rings is 1. The Morgan fingerprint density at radius 2 is 2.24 bits per heavy atom. The first-order valence-electron chi connectivity index (χ1n) is 7.45. The van der Waals surface area contributed by atoms with Crippen LogP contribution in [0.2, 0.25) is 0 Å². The molecule has 5 heteroatoms. The number of aryl methyl sites for hydroxylation is 1. The predicted octanol–water partition coefficient (Wildman–Crippen LogP) is 2.43. The van der Waals surface area contributed by atoms with Crippen molar-refractivity contribution in [1.82, 2.24) is 14.9 Å². The van der Waals surface area contributed by atoms with Gasteiger partial charge < -0.3 is 15.2 Å². The van der Waals surface area contributed by atoms with Gasteiger partial charge in [-0.15, -0.1) is 0 Å². The van der Waals surface area contributed by atoms with E-state index in [4.69, 9.17) is 0 Å². The Balaban J connectivity index is 1.93. The molecule has 0 aliphatic carbocycles. The summed E-state index contributed by atoms with van der Waals surface area (Å²) in [5, 5.41) is 6.24. The van der Waals surface area contributed by atoms with Gasteiger partial charge in [-0.1, -0.05) is 19.9 Å². The molecule has 110 valence electrons. The average molecular weight is 284 g/mol. The Kier molecular flexibility index (Phi) is 3.75. The van der Waals surface area contributed by atoms with Crippen molar-refractivity contribution < 1.29 is 4.79 Å². The fraction of sp³-hybridized carbons (Fsp3) is 0.375. The molecule has 1 atom stereocenters. The highest BCUT2D eigenvalue weighted by atomic mass is 16.2. The maximum atomic E-state index is 12.1. The van der Waals surface area contributed by atoms with Crippen LogP contribution in [0.3, 0.4) is 0 Å². The maximum absolute atomic E-state index is 12.1. The van der Waals surface area contributed by atoms with Crippen LogP contribution in [0, 0.1) is 0 Å². The summed E-state index contributed by atoms with van der Waals surface area (Å²) >= 11 is 0. The van der Waals surface area contributed by atoms with E-state index in [-0.39, 0.29) is 11.9 Å². The number of nitrogens with one attached hydrogen (secondary N) is 2. The van der Waals surface area contributed by atoms with Gasteiger partial charge in [0.1, 0.15) is 11.9 Å². The predicted molar refractivity (Wildman–Crippen MR) is 82.6 cm³/mol. The molecule has 1 aromatic carbocycles. The van der Waals surface area contributed by atoms with Crippen molar-refractivity contribution >= 4 is 11.6 Å². The monoisotopic (exact) mass is 284 g/mol. The zero-order valence-corrected chi connectivity index (χ0v) is 12.4. The lowest BCUT2D eigenvalue weighted by molar-refractivity contribution is -0.117. The summed E-state index contributed by atoms with van der Waals surface area (Å²) < 4.78 is 2.05. The number of aromatic nitrogens is 2. The molecule has 0 fully saturated rings. The number of benzene rings is 1. The minimum absolute atomic E-state index is 0.0250. The number of nitrogens with zero attached hydrogens (tertiary/aromatic N) is 2. The molecule has 1 unspecified atom stereocenters. The van der Waals surface area contributed by atoms with Crippen LogP contribution in [0.5, 0.6) is 0 Å². The lowest BCUT2D eigenvalue weighted by Crippen LogP contribution is -2.27. The third-order valence-electron chi connectivity index (χ3n) is 3.78. The number of anilines is 1. The molecule has 1 aliphatic heterocycles. The van der Waals surface area contributed by atoms with Crippen LogP contribution < -0.4 is 10.6 Å². The highest BCUT2D eigenvalue weighted by Gasteiger charge is 2.30. The molecule has 5 nitrogen and oxygen atoms in total. The standard InChI is InChI=1S/C16H20N4O/c1-3-7-18-15-12-6-5-11(10-13(12)19-16(15)21)20-9-8-17-14(20)4-2/h5-6,8-10,15,18H,3-4,7H2,1-2H3,(H,19,21). The van der Waals surface area contributed by atoms with Crippen molar-refractivity contribution in [2.45, 2.75) is 32.7 Å². The van der Waals surface area contributed by atoms with Gasteiger partial charge in [-0.25, -0.2) is 4.98 Å². The van der Waals surface area contributed by atoms with E-state index >= 15 is 0 Å². The number of carbonyl (C=O) groups is 1. The normalized spacial score (nSPS) is 16.9. The smallest absolute Gasteiger partial charge is 0.246 e. The van der Waals surface area contributed by atoms with Crippen LogP contribution in [-0.2, 0) is 11.2 Å². The second kappa shape index (κ2) is 5.69. The fourth-order valence-electron chi connectivity index (χ4n) is 2.72. The molecule has 0 saturated carbocycles. The first-order valence-corrected chi connectivity index (χ1v) is 7.45. The lowest BCUT2D eigenvalue weighted by Gasteiger charge is -2.11. The fourth-order valence-corrected chi connectivity index (χ4v) is 2.72. The van der Waals surface area contributed by atoms with Crippen molar-refractivity contribution in [3.8, 4) is 5.69 Å². The van der Waals surface area contributed by atoms with Gasteiger partial charge in [0.2, 0.25) is 5.91 Å². The summed E-state index contributed by atoms with van der Waals surface area (Å²) in [5.74, 6) is 1.04. The molecule has 0 saturated heterocycles. The Hall–Kier alpha value is -2.14. The summed E-state index contributed by atoms with van der Waals surface area (Å²) in [6.45, 7) is 5.01. The van der Waals surface area contributed by atoms with Crippen LogP contribution in [0.4, 0.5) is 5.69 Å². The van der Waals surface area contributed by atoms with Gasteiger partial charge in [-0.3, -0.25) is 4.79 Å². The van der Waals surface area contributed by atoms with Gasteiger partial charge in [0.15, 0.2) is 0 Å². The Bertz CT molecular complexity index is 662. The molecule has 2 N–H and O–H groups in total. The number of amides is 1. The number of hydrogen-bond donors (Lipinski definition) is 2. The minimum atomic E-state index is -0.234. The number of fused-ring (bicyclic) bond motifs is 1. The Morgan fingerprint density at radius 3 is 3.00 bits per heavy atom. The first-order chi connectivity index (χ1) is 10.2. The molecule has 1 aliphatic rings. The van der Waals surface area contributed by atoms with Crippen molar-refractivity contribution in [1.29, 1.82) is 0 Å². The molecule has 0 radical (unpaired) electrons. The van der Waals surface area contributed by atoms with Crippen LogP contribution in [0.1, 0.15) is 37.7 Å². The number of hydrogen-bond acceptors (Lipinski definition) is 3. The summed E-state index contributed by atoms with van der Waals surface area (Å²) in [6.07, 6.45) is 5.63. The molecule has 21 heavy (non-hydrogen) atoms. The van der Waals surface area contributed by atoms with Gasteiger partial charge in [0.05, 0.1) is 0 Å². The summed E-state index contributed by atoms with van der Waals surface area (Å²) in [4.78, 5) is 16.4. The average Bonchev–Trinajstić information content (AvgIpc) is 3.08. The van der Waals surface area contributed by atoms with Crippen molar-refractivity contribution in [3.05, 3.63) is 42.0 Å². The second-order valence-corrected chi connectivity index (χ2v) is 5.21. The van der Waals surface area contributed by atoms with Crippen LogP contribution in [0.25, 0.3) is 5.69 Å². The molecule has 0 spiro atoms. The third kappa shape index (κ3) is 2.45. The zero-order valence-electron chi connectivity index (χ0n) is 12.4. The van der Waals surface area contributed by atoms with Crippen molar-refractivity contribution in [3.63, 3.8) is 0 Å². The Labute approximate surface area is 124 Å². The van der Waals surface area contributed by atoms with E-state index in [1.807, 2.05) is 24.4 Å². The van der Waals surface area contributed by atoms with E-state index in [1.54, 1.807) is 6.20 Å². The Morgan fingerprint density at radius 1 is 1.38 bits per heavy atom. The van der Waals surface area contributed by atoms with E-state index in [2.05, 4.69) is 34.0 Å². The van der Waals surface area contributed by atoms with Gasteiger partial charge in [0, 0.05) is 35.8 Å². The van der Waals surface area contributed by atoms with Crippen molar-refractivity contribution in [2.75, 3.05) is 11.9 Å². The topological polar surface area (TPSA) is 59.0 Å². The molecule has 0 bridgehead atoms. The minimum Gasteiger partial charge on any atom is -0.324 e. The second-order valence-electron chi connectivity index (χ2n) is 5.21. The summed E-state index contributed by atoms with van der Waals surface area (Å²) in [6, 6.07) is 5.85. The first kappa shape index (κ1) is 13.8. The number of carbonyl (C=O) groups excluding carboxylic acids is 1. The van der Waals surface area contributed by atoms with Gasteiger partial charge >= 0.3 is 0 Å². The van der Waals surface area contributed by atoms with Gasteiger partial charge in [-0.2, -0.15) is 0 Å². The molecule has 3 rings (SSSR count). The lowest BCUT2D eigenvalue weighted by atomic mass is 10.1. The zero-order chi connectivity index (χ0) is 14.8. The van der Waals surface area contributed by atoms with Crippen LogP contribution in [-0.4, -0.2) is 22.0 Å².